The van der Waals surface area contributed by atoms with Crippen molar-refractivity contribution in [3.05, 3.63) is 54.2 Å². The summed E-state index contributed by atoms with van der Waals surface area (Å²) in [5.74, 6) is 1.90. The lowest BCUT2D eigenvalue weighted by atomic mass is 10.2. The zero-order valence-electron chi connectivity index (χ0n) is 15.8. The molecular formula is C21H23N3O2S2. The molecule has 3 aromatic rings. The van der Waals surface area contributed by atoms with Crippen molar-refractivity contribution in [2.45, 2.75) is 30.6 Å². The summed E-state index contributed by atoms with van der Waals surface area (Å²) in [7, 11) is 1.64. The van der Waals surface area contributed by atoms with E-state index in [0.29, 0.717) is 11.6 Å². The van der Waals surface area contributed by atoms with Gasteiger partial charge < -0.3 is 10.1 Å². The monoisotopic (exact) mass is 413 g/mol. The van der Waals surface area contributed by atoms with Crippen LogP contribution in [-0.4, -0.2) is 28.7 Å². The van der Waals surface area contributed by atoms with Gasteiger partial charge in [-0.3, -0.25) is 9.78 Å². The van der Waals surface area contributed by atoms with E-state index in [1.165, 1.54) is 16.2 Å². The van der Waals surface area contributed by atoms with Crippen LogP contribution in [0.1, 0.15) is 25.7 Å². The number of anilines is 1. The topological polar surface area (TPSA) is 64.1 Å². The van der Waals surface area contributed by atoms with Crippen molar-refractivity contribution in [2.24, 2.45) is 0 Å². The normalized spacial score (nSPS) is 10.6. The molecule has 0 bridgehead atoms. The van der Waals surface area contributed by atoms with Gasteiger partial charge in [-0.2, -0.15) is 0 Å². The first-order valence-corrected chi connectivity index (χ1v) is 11.0. The van der Waals surface area contributed by atoms with Crippen molar-refractivity contribution >= 4 is 34.1 Å². The van der Waals surface area contributed by atoms with Crippen LogP contribution in [0.3, 0.4) is 0 Å². The Hall–Kier alpha value is -2.38. The number of carbonyl (C=O) groups is 1. The van der Waals surface area contributed by atoms with Crippen LogP contribution in [0.4, 0.5) is 5.13 Å². The Kier molecular flexibility index (Phi) is 7.87. The van der Waals surface area contributed by atoms with Gasteiger partial charge in [0.25, 0.3) is 0 Å². The highest BCUT2D eigenvalue weighted by molar-refractivity contribution is 7.99. The number of benzene rings is 1. The van der Waals surface area contributed by atoms with Crippen LogP contribution in [0, 0.1) is 0 Å². The second-order valence-corrected chi connectivity index (χ2v) is 8.18. The lowest BCUT2D eigenvalue weighted by Gasteiger charge is -2.03. The number of nitrogens with zero attached hydrogens (tertiary/aromatic N) is 2. The number of thiazole rings is 1. The molecule has 1 N–H and O–H groups in total. The highest BCUT2D eigenvalue weighted by atomic mass is 32.2. The first kappa shape index (κ1) is 20.4. The van der Waals surface area contributed by atoms with Crippen LogP contribution >= 0.6 is 23.1 Å². The molecule has 0 saturated heterocycles. The molecule has 7 heteroatoms. The summed E-state index contributed by atoms with van der Waals surface area (Å²) < 4.78 is 5.17. The summed E-state index contributed by atoms with van der Waals surface area (Å²) in [5.41, 5.74) is 1.86. The van der Waals surface area contributed by atoms with E-state index in [9.17, 15) is 4.79 Å². The molecule has 5 nitrogen and oxygen atoms in total. The van der Waals surface area contributed by atoms with Crippen LogP contribution in [-0.2, 0) is 4.79 Å². The van der Waals surface area contributed by atoms with Crippen molar-refractivity contribution in [3.63, 3.8) is 0 Å². The second-order valence-electron chi connectivity index (χ2n) is 6.16. The summed E-state index contributed by atoms with van der Waals surface area (Å²) in [5, 5.41) is 5.50. The molecule has 146 valence electrons. The Morgan fingerprint density at radius 1 is 1.11 bits per heavy atom. The number of unbranched alkanes of at least 4 members (excludes halogenated alkanes) is 2. The minimum atomic E-state index is 0.0254. The highest BCUT2D eigenvalue weighted by Gasteiger charge is 2.08. The first-order valence-electron chi connectivity index (χ1n) is 9.17. The maximum Gasteiger partial charge on any atom is 0.226 e. The van der Waals surface area contributed by atoms with Gasteiger partial charge in [0.1, 0.15) is 5.75 Å². The zero-order valence-corrected chi connectivity index (χ0v) is 17.4. The second kappa shape index (κ2) is 10.8. The number of pyridine rings is 1. The number of rotatable bonds is 10. The van der Waals surface area contributed by atoms with E-state index >= 15 is 0 Å². The molecule has 0 spiro atoms. The standard InChI is InChI=1S/C21H23N3O2S2/c1-26-17-8-6-16(7-9-17)19-15-28-21(23-19)24-20(25)5-3-2-4-14-27-18-10-12-22-13-11-18/h6-13,15H,2-5,14H2,1H3,(H,23,24,25). The van der Waals surface area contributed by atoms with Crippen molar-refractivity contribution < 1.29 is 9.53 Å². The van der Waals surface area contributed by atoms with Crippen molar-refractivity contribution in [2.75, 3.05) is 18.2 Å². The quantitative estimate of drug-likeness (QED) is 0.351. The van der Waals surface area contributed by atoms with E-state index in [0.717, 1.165) is 42.0 Å². The van der Waals surface area contributed by atoms with Crippen molar-refractivity contribution in [3.8, 4) is 17.0 Å². The summed E-state index contributed by atoms with van der Waals surface area (Å²) in [4.78, 5) is 21.9. The molecule has 1 aromatic carbocycles. The van der Waals surface area contributed by atoms with E-state index < -0.39 is 0 Å². The highest BCUT2D eigenvalue weighted by Crippen LogP contribution is 2.26. The van der Waals surface area contributed by atoms with E-state index in [1.807, 2.05) is 65.9 Å². The molecule has 1 amide bonds. The van der Waals surface area contributed by atoms with Gasteiger partial charge >= 0.3 is 0 Å². The predicted octanol–water partition coefficient (Wildman–Crippen LogP) is 5.50. The van der Waals surface area contributed by atoms with Gasteiger partial charge in [-0.15, -0.1) is 23.1 Å². The maximum atomic E-state index is 12.1. The number of aromatic nitrogens is 2. The molecule has 28 heavy (non-hydrogen) atoms. The molecule has 3 rings (SSSR count). The number of carbonyl (C=O) groups excluding carboxylic acids is 1. The van der Waals surface area contributed by atoms with Gasteiger partial charge in [-0.05, 0) is 55.0 Å². The Labute approximate surface area is 173 Å². The predicted molar refractivity (Wildman–Crippen MR) is 116 cm³/mol. The minimum Gasteiger partial charge on any atom is -0.497 e. The summed E-state index contributed by atoms with van der Waals surface area (Å²) in [6, 6.07) is 11.8. The number of amides is 1. The minimum absolute atomic E-state index is 0.0254. The number of hydrogen-bond acceptors (Lipinski definition) is 6. The van der Waals surface area contributed by atoms with Gasteiger partial charge in [0, 0.05) is 34.7 Å². The Bertz CT molecular complexity index is 867. The van der Waals surface area contributed by atoms with Crippen molar-refractivity contribution in [1.29, 1.82) is 0 Å². The zero-order chi connectivity index (χ0) is 19.6. The average molecular weight is 414 g/mol. The number of ether oxygens (including phenoxy) is 1. The third kappa shape index (κ3) is 6.35. The maximum absolute atomic E-state index is 12.1. The molecule has 0 unspecified atom stereocenters. The van der Waals surface area contributed by atoms with Crippen LogP contribution in [0.2, 0.25) is 0 Å². The molecule has 2 heterocycles. The van der Waals surface area contributed by atoms with Gasteiger partial charge in [-0.25, -0.2) is 4.98 Å². The molecule has 0 aliphatic carbocycles. The molecule has 0 saturated carbocycles. The third-order valence-corrected chi connectivity index (χ3v) is 5.96. The van der Waals surface area contributed by atoms with E-state index in [4.69, 9.17) is 4.74 Å². The van der Waals surface area contributed by atoms with Gasteiger partial charge in [-0.1, -0.05) is 6.42 Å². The van der Waals surface area contributed by atoms with Crippen LogP contribution < -0.4 is 10.1 Å². The van der Waals surface area contributed by atoms with Gasteiger partial charge in [0.2, 0.25) is 5.91 Å². The van der Waals surface area contributed by atoms with E-state index in [-0.39, 0.29) is 5.91 Å². The number of methoxy groups -OCH3 is 1. The Morgan fingerprint density at radius 2 is 1.89 bits per heavy atom. The number of thioether (sulfide) groups is 1. The lowest BCUT2D eigenvalue weighted by Crippen LogP contribution is -2.10. The molecule has 0 radical (unpaired) electrons. The first-order chi connectivity index (χ1) is 13.7. The largest absolute Gasteiger partial charge is 0.497 e. The molecule has 0 aliphatic heterocycles. The van der Waals surface area contributed by atoms with E-state index in [1.54, 1.807) is 7.11 Å². The fourth-order valence-electron chi connectivity index (χ4n) is 2.60. The Balaban J connectivity index is 1.35. The number of nitrogens with one attached hydrogen (secondary N) is 1. The fraction of sp³-hybridized carbons (Fsp3) is 0.286. The Morgan fingerprint density at radius 3 is 2.64 bits per heavy atom. The molecule has 0 atom stereocenters. The fourth-order valence-corrected chi connectivity index (χ4v) is 4.23. The van der Waals surface area contributed by atoms with E-state index in [2.05, 4.69) is 15.3 Å². The molecule has 0 aliphatic rings. The van der Waals surface area contributed by atoms with Gasteiger partial charge in [0.15, 0.2) is 5.13 Å². The van der Waals surface area contributed by atoms with Crippen LogP contribution in [0.15, 0.2) is 59.1 Å². The lowest BCUT2D eigenvalue weighted by molar-refractivity contribution is -0.116. The van der Waals surface area contributed by atoms with Crippen LogP contribution in [0.25, 0.3) is 11.3 Å². The third-order valence-electron chi connectivity index (χ3n) is 4.10. The summed E-state index contributed by atoms with van der Waals surface area (Å²) in [6.45, 7) is 0. The molecular weight excluding hydrogens is 390 g/mol. The summed E-state index contributed by atoms with van der Waals surface area (Å²) >= 11 is 3.27. The molecule has 0 fully saturated rings. The number of hydrogen-bond donors (Lipinski definition) is 1. The molecule has 2 aromatic heterocycles. The smallest absolute Gasteiger partial charge is 0.226 e. The van der Waals surface area contributed by atoms with Crippen molar-refractivity contribution in [1.82, 2.24) is 9.97 Å². The van der Waals surface area contributed by atoms with Crippen LogP contribution in [0.5, 0.6) is 5.75 Å². The summed E-state index contributed by atoms with van der Waals surface area (Å²) in [6.07, 6.45) is 7.17. The van der Waals surface area contributed by atoms with Gasteiger partial charge in [0.05, 0.1) is 12.8 Å². The average Bonchev–Trinajstić information content (AvgIpc) is 3.20. The SMILES string of the molecule is COc1ccc(-c2csc(NC(=O)CCCCCSc3ccncc3)n2)cc1.